The Morgan fingerprint density at radius 3 is 2.35 bits per heavy atom. The molecule has 23 heavy (non-hydrogen) atoms. The summed E-state index contributed by atoms with van der Waals surface area (Å²) in [4.78, 5) is 1.22. The average molecular weight is 316 g/mol. The maximum Gasteiger partial charge on any atom is 0.0934 e. The van der Waals surface area contributed by atoms with Gasteiger partial charge in [0.15, 0.2) is 0 Å². The Balaban J connectivity index is 1.89. The average Bonchev–Trinajstić information content (AvgIpc) is 3.26. The fourth-order valence-electron chi connectivity index (χ4n) is 2.61. The molecule has 0 aliphatic heterocycles. The van der Waals surface area contributed by atoms with Crippen LogP contribution in [0.4, 0.5) is 0 Å². The molecule has 2 aromatic carbocycles. The minimum absolute atomic E-state index is 0.997. The van der Waals surface area contributed by atoms with Gasteiger partial charge < -0.3 is 0 Å². The van der Waals surface area contributed by atoms with Crippen molar-refractivity contribution in [2.45, 2.75) is 6.92 Å². The molecule has 2 aromatic heterocycles. The van der Waals surface area contributed by atoms with Gasteiger partial charge in [0, 0.05) is 5.56 Å². The van der Waals surface area contributed by atoms with Crippen molar-refractivity contribution in [1.82, 2.24) is 9.78 Å². The largest absolute Gasteiger partial charge is 0.232 e. The third-order valence-electron chi connectivity index (χ3n) is 3.83. The van der Waals surface area contributed by atoms with Gasteiger partial charge in [0.1, 0.15) is 0 Å². The van der Waals surface area contributed by atoms with Crippen LogP contribution in [0, 0.1) is 6.92 Å². The third kappa shape index (κ3) is 2.71. The Hall–Kier alpha value is -2.65. The number of aromatic nitrogens is 2. The fraction of sp³-hybridized carbons (Fsp3) is 0.0500. The lowest BCUT2D eigenvalue weighted by atomic mass is 10.1. The lowest BCUT2D eigenvalue weighted by Gasteiger charge is -2.05. The van der Waals surface area contributed by atoms with Gasteiger partial charge in [-0.25, -0.2) is 4.68 Å². The summed E-state index contributed by atoms with van der Waals surface area (Å²) in [6.07, 6.45) is 0. The van der Waals surface area contributed by atoms with E-state index >= 15 is 0 Å². The highest BCUT2D eigenvalue weighted by atomic mass is 32.1. The molecule has 3 heteroatoms. The van der Waals surface area contributed by atoms with Crippen molar-refractivity contribution in [3.05, 3.63) is 83.7 Å². The van der Waals surface area contributed by atoms with Crippen LogP contribution in [0.5, 0.6) is 0 Å². The standard InChI is InChI=1S/C20H16N2S/c1-15-9-11-16(12-10-15)18-14-19(20-8-5-13-23-20)22(21-18)17-6-3-2-4-7-17/h2-14H,1H3. The molecule has 0 saturated heterocycles. The molecule has 112 valence electrons. The number of rotatable bonds is 3. The van der Waals surface area contributed by atoms with Crippen LogP contribution >= 0.6 is 11.3 Å². The molecule has 0 fully saturated rings. The highest BCUT2D eigenvalue weighted by molar-refractivity contribution is 7.13. The first-order chi connectivity index (χ1) is 11.3. The Labute approximate surface area is 139 Å². The summed E-state index contributed by atoms with van der Waals surface area (Å²) in [6.45, 7) is 2.10. The highest BCUT2D eigenvalue weighted by Gasteiger charge is 2.13. The molecule has 0 aliphatic rings. The van der Waals surface area contributed by atoms with Crippen molar-refractivity contribution < 1.29 is 0 Å². The van der Waals surface area contributed by atoms with Gasteiger partial charge in [0.05, 0.1) is 22.0 Å². The second-order valence-electron chi connectivity index (χ2n) is 5.51. The summed E-state index contributed by atoms with van der Waals surface area (Å²) in [6, 6.07) is 25.2. The number of hydrogen-bond donors (Lipinski definition) is 0. The summed E-state index contributed by atoms with van der Waals surface area (Å²) in [7, 11) is 0. The third-order valence-corrected chi connectivity index (χ3v) is 4.72. The molecule has 0 bridgehead atoms. The van der Waals surface area contributed by atoms with E-state index in [9.17, 15) is 0 Å². The van der Waals surface area contributed by atoms with Crippen molar-refractivity contribution in [2.75, 3.05) is 0 Å². The Morgan fingerprint density at radius 1 is 0.870 bits per heavy atom. The Morgan fingerprint density at radius 2 is 1.65 bits per heavy atom. The summed E-state index contributed by atoms with van der Waals surface area (Å²) in [5.74, 6) is 0. The summed E-state index contributed by atoms with van der Waals surface area (Å²) in [5.41, 5.74) is 5.60. The van der Waals surface area contributed by atoms with Gasteiger partial charge in [-0.05, 0) is 36.6 Å². The van der Waals surface area contributed by atoms with Crippen LogP contribution in [-0.4, -0.2) is 9.78 Å². The Kier molecular flexibility index (Phi) is 3.56. The quantitative estimate of drug-likeness (QED) is 0.482. The molecular formula is C20H16N2S. The zero-order valence-electron chi connectivity index (χ0n) is 12.8. The second-order valence-corrected chi connectivity index (χ2v) is 6.45. The fourth-order valence-corrected chi connectivity index (χ4v) is 3.34. The van der Waals surface area contributed by atoms with Crippen molar-refractivity contribution in [2.24, 2.45) is 0 Å². The van der Waals surface area contributed by atoms with E-state index in [2.05, 4.69) is 66.9 Å². The van der Waals surface area contributed by atoms with Gasteiger partial charge in [-0.15, -0.1) is 11.3 Å². The van der Waals surface area contributed by atoms with Crippen LogP contribution in [0.2, 0.25) is 0 Å². The lowest BCUT2D eigenvalue weighted by molar-refractivity contribution is 0.893. The van der Waals surface area contributed by atoms with E-state index in [1.165, 1.54) is 10.4 Å². The predicted molar refractivity (Wildman–Crippen MR) is 97.1 cm³/mol. The first-order valence-electron chi connectivity index (χ1n) is 7.58. The van der Waals surface area contributed by atoms with Gasteiger partial charge in [-0.1, -0.05) is 54.1 Å². The van der Waals surface area contributed by atoms with Gasteiger partial charge >= 0.3 is 0 Å². The molecule has 4 aromatic rings. The molecule has 2 nitrogen and oxygen atoms in total. The maximum absolute atomic E-state index is 4.86. The van der Waals surface area contributed by atoms with E-state index in [0.29, 0.717) is 0 Å². The highest BCUT2D eigenvalue weighted by Crippen LogP contribution is 2.31. The Bertz CT molecular complexity index is 904. The molecule has 0 spiro atoms. The summed E-state index contributed by atoms with van der Waals surface area (Å²) >= 11 is 1.73. The number of thiophene rings is 1. The molecule has 0 N–H and O–H groups in total. The van der Waals surface area contributed by atoms with E-state index in [0.717, 1.165) is 22.6 Å². The molecule has 0 atom stereocenters. The SMILES string of the molecule is Cc1ccc(-c2cc(-c3cccs3)n(-c3ccccc3)n2)cc1. The predicted octanol–water partition coefficient (Wildman–Crippen LogP) is 5.58. The van der Waals surface area contributed by atoms with E-state index < -0.39 is 0 Å². The molecule has 0 aliphatic carbocycles. The number of aryl methyl sites for hydroxylation is 1. The molecule has 0 unspecified atom stereocenters. The van der Waals surface area contributed by atoms with Crippen LogP contribution in [-0.2, 0) is 0 Å². The molecular weight excluding hydrogens is 300 g/mol. The van der Waals surface area contributed by atoms with E-state index in [1.54, 1.807) is 11.3 Å². The van der Waals surface area contributed by atoms with Crippen molar-refractivity contribution in [3.8, 4) is 27.5 Å². The number of nitrogens with zero attached hydrogens (tertiary/aromatic N) is 2. The molecule has 2 heterocycles. The smallest absolute Gasteiger partial charge is 0.0934 e. The van der Waals surface area contributed by atoms with Crippen LogP contribution in [0.15, 0.2) is 78.2 Å². The minimum Gasteiger partial charge on any atom is -0.232 e. The van der Waals surface area contributed by atoms with Gasteiger partial charge in [0.25, 0.3) is 0 Å². The normalized spacial score (nSPS) is 10.8. The van der Waals surface area contributed by atoms with E-state index in [-0.39, 0.29) is 0 Å². The van der Waals surface area contributed by atoms with Crippen molar-refractivity contribution in [3.63, 3.8) is 0 Å². The van der Waals surface area contributed by atoms with E-state index in [1.807, 2.05) is 22.9 Å². The van der Waals surface area contributed by atoms with Crippen molar-refractivity contribution >= 4 is 11.3 Å². The van der Waals surface area contributed by atoms with Crippen LogP contribution in [0.1, 0.15) is 5.56 Å². The minimum atomic E-state index is 0.997. The first kappa shape index (κ1) is 14.0. The number of para-hydroxylation sites is 1. The van der Waals surface area contributed by atoms with Crippen LogP contribution < -0.4 is 0 Å². The molecule has 4 rings (SSSR count). The van der Waals surface area contributed by atoms with Gasteiger partial charge in [-0.3, -0.25) is 0 Å². The summed E-state index contributed by atoms with van der Waals surface area (Å²) in [5, 5.41) is 6.96. The maximum atomic E-state index is 4.86. The molecule has 0 amide bonds. The number of benzene rings is 2. The zero-order valence-corrected chi connectivity index (χ0v) is 13.6. The van der Waals surface area contributed by atoms with Crippen molar-refractivity contribution in [1.29, 1.82) is 0 Å². The zero-order chi connectivity index (χ0) is 15.6. The van der Waals surface area contributed by atoms with Crippen LogP contribution in [0.3, 0.4) is 0 Å². The molecule has 0 saturated carbocycles. The lowest BCUT2D eigenvalue weighted by Crippen LogP contribution is -1.98. The van der Waals surface area contributed by atoms with Gasteiger partial charge in [-0.2, -0.15) is 5.10 Å². The number of hydrogen-bond acceptors (Lipinski definition) is 2. The van der Waals surface area contributed by atoms with E-state index in [4.69, 9.17) is 5.10 Å². The first-order valence-corrected chi connectivity index (χ1v) is 8.46. The van der Waals surface area contributed by atoms with Gasteiger partial charge in [0.2, 0.25) is 0 Å². The topological polar surface area (TPSA) is 17.8 Å². The monoisotopic (exact) mass is 316 g/mol. The van der Waals surface area contributed by atoms with Crippen LogP contribution in [0.25, 0.3) is 27.5 Å². The summed E-state index contributed by atoms with van der Waals surface area (Å²) < 4.78 is 2.03. The molecule has 0 radical (unpaired) electrons. The second kappa shape index (κ2) is 5.86.